The highest BCUT2D eigenvalue weighted by Gasteiger charge is 2.42. The molecule has 1 aliphatic carbocycles. The Kier molecular flexibility index (Phi) is 5.28. The number of aliphatic carboxylic acids is 1. The molecule has 0 aromatic heterocycles. The van der Waals surface area contributed by atoms with Crippen LogP contribution >= 0.6 is 0 Å². The molecule has 23 heavy (non-hydrogen) atoms. The molecule has 0 radical (unpaired) electrons. The molecule has 126 valence electrons. The number of alkyl halides is 3. The summed E-state index contributed by atoms with van der Waals surface area (Å²) in [5.74, 6) is -3.82. The molecule has 0 bridgehead atoms. The molecule has 4 nitrogen and oxygen atoms in total. The number of hydrogen-bond acceptors (Lipinski definition) is 2. The molecule has 1 aliphatic rings. The van der Waals surface area contributed by atoms with Crippen molar-refractivity contribution in [1.82, 2.24) is 5.32 Å². The van der Waals surface area contributed by atoms with Gasteiger partial charge in [-0.15, -0.1) is 0 Å². The van der Waals surface area contributed by atoms with Gasteiger partial charge in [0.15, 0.2) is 0 Å². The topological polar surface area (TPSA) is 66.4 Å². The number of rotatable bonds is 7. The zero-order valence-corrected chi connectivity index (χ0v) is 12.3. The molecule has 7 heteroatoms. The van der Waals surface area contributed by atoms with Gasteiger partial charge in [-0.25, -0.2) is 4.79 Å². The highest BCUT2D eigenvalue weighted by atomic mass is 19.4. The van der Waals surface area contributed by atoms with Crippen molar-refractivity contribution in [2.75, 3.05) is 0 Å². The van der Waals surface area contributed by atoms with Crippen LogP contribution in [0.4, 0.5) is 13.2 Å². The highest BCUT2D eigenvalue weighted by molar-refractivity contribution is 5.84. The Bertz CT molecular complexity index is 555. The first-order chi connectivity index (χ1) is 10.8. The molecule has 2 unspecified atom stereocenters. The average Bonchev–Trinajstić information content (AvgIpc) is 3.27. The summed E-state index contributed by atoms with van der Waals surface area (Å²) in [5, 5.41) is 11.3. The van der Waals surface area contributed by atoms with Crippen molar-refractivity contribution in [3.63, 3.8) is 0 Å². The predicted octanol–water partition coefficient (Wildman–Crippen LogP) is 3.09. The quantitative estimate of drug-likeness (QED) is 0.808. The molecular formula is C16H18F3NO3. The van der Waals surface area contributed by atoms with Gasteiger partial charge in [0, 0.05) is 6.42 Å². The van der Waals surface area contributed by atoms with Crippen LogP contribution < -0.4 is 5.32 Å². The molecule has 1 aromatic carbocycles. The van der Waals surface area contributed by atoms with E-state index in [1.165, 1.54) is 24.3 Å². The van der Waals surface area contributed by atoms with Crippen molar-refractivity contribution in [3.05, 3.63) is 35.9 Å². The third-order valence-electron chi connectivity index (χ3n) is 3.89. The molecular weight excluding hydrogens is 311 g/mol. The van der Waals surface area contributed by atoms with Crippen molar-refractivity contribution < 1.29 is 27.9 Å². The zero-order chi connectivity index (χ0) is 17.0. The van der Waals surface area contributed by atoms with Crippen LogP contribution in [0.25, 0.3) is 0 Å². The fourth-order valence-electron chi connectivity index (χ4n) is 2.45. The van der Waals surface area contributed by atoms with Crippen LogP contribution in [-0.4, -0.2) is 29.2 Å². The molecule has 1 amide bonds. The van der Waals surface area contributed by atoms with Gasteiger partial charge in [-0.1, -0.05) is 43.2 Å². The molecule has 2 N–H and O–H groups in total. The second-order valence-electron chi connectivity index (χ2n) is 5.85. The Hall–Kier alpha value is -2.05. The van der Waals surface area contributed by atoms with Gasteiger partial charge in [-0.05, 0) is 17.9 Å². The number of carboxylic acid groups (broad SMARTS) is 1. The summed E-state index contributed by atoms with van der Waals surface area (Å²) in [7, 11) is 0. The van der Waals surface area contributed by atoms with Gasteiger partial charge in [-0.2, -0.15) is 13.2 Å². The third kappa shape index (κ3) is 5.26. The SMILES string of the molecule is O=C(CC(c1ccccc1)C(F)(F)F)NC(CC1CC1)C(=O)O. The van der Waals surface area contributed by atoms with Crippen molar-refractivity contribution in [2.24, 2.45) is 5.92 Å². The third-order valence-corrected chi connectivity index (χ3v) is 3.89. The average molecular weight is 329 g/mol. The number of benzene rings is 1. The van der Waals surface area contributed by atoms with E-state index in [0.717, 1.165) is 12.8 Å². The number of carbonyl (C=O) groups is 2. The lowest BCUT2D eigenvalue weighted by molar-refractivity contribution is -0.158. The lowest BCUT2D eigenvalue weighted by Gasteiger charge is -2.21. The van der Waals surface area contributed by atoms with E-state index < -0.39 is 36.4 Å². The minimum absolute atomic E-state index is 0.00998. The summed E-state index contributed by atoms with van der Waals surface area (Å²) in [5.41, 5.74) is -0.00998. The Morgan fingerprint density at radius 3 is 2.30 bits per heavy atom. The van der Waals surface area contributed by atoms with Crippen LogP contribution in [0.15, 0.2) is 30.3 Å². The first-order valence-electron chi connectivity index (χ1n) is 7.41. The number of amides is 1. The second-order valence-corrected chi connectivity index (χ2v) is 5.85. The molecule has 1 saturated carbocycles. The standard InChI is InChI=1S/C16H18F3NO3/c17-16(18,19)12(11-4-2-1-3-5-11)9-14(21)20-13(15(22)23)8-10-6-7-10/h1-5,10,12-13H,6-9H2,(H,20,21)(H,22,23). The molecule has 0 saturated heterocycles. The van der Waals surface area contributed by atoms with E-state index in [1.54, 1.807) is 6.07 Å². The first-order valence-corrected chi connectivity index (χ1v) is 7.41. The fourth-order valence-corrected chi connectivity index (χ4v) is 2.45. The van der Waals surface area contributed by atoms with Crippen LogP contribution in [0.5, 0.6) is 0 Å². The van der Waals surface area contributed by atoms with E-state index in [-0.39, 0.29) is 17.9 Å². The Morgan fingerprint density at radius 2 is 1.83 bits per heavy atom. The summed E-state index contributed by atoms with van der Waals surface area (Å²) in [6.45, 7) is 0. The van der Waals surface area contributed by atoms with Gasteiger partial charge in [0.1, 0.15) is 6.04 Å². The van der Waals surface area contributed by atoms with E-state index in [1.807, 2.05) is 0 Å². The number of halogens is 3. The summed E-state index contributed by atoms with van der Waals surface area (Å²) in [4.78, 5) is 23.0. The second kappa shape index (κ2) is 7.02. The van der Waals surface area contributed by atoms with E-state index in [4.69, 9.17) is 5.11 Å². The normalized spacial score (nSPS) is 17.3. The maximum atomic E-state index is 13.2. The van der Waals surface area contributed by atoms with Crippen LogP contribution in [0.2, 0.25) is 0 Å². The molecule has 0 spiro atoms. The van der Waals surface area contributed by atoms with Crippen LogP contribution in [0, 0.1) is 5.92 Å². The van der Waals surface area contributed by atoms with E-state index >= 15 is 0 Å². The Morgan fingerprint density at radius 1 is 1.22 bits per heavy atom. The lowest BCUT2D eigenvalue weighted by atomic mass is 9.94. The maximum Gasteiger partial charge on any atom is 0.396 e. The Labute approximate surface area is 131 Å². The van der Waals surface area contributed by atoms with Crippen molar-refractivity contribution in [1.29, 1.82) is 0 Å². The number of carboxylic acids is 1. The number of nitrogens with one attached hydrogen (secondary N) is 1. The molecule has 2 atom stereocenters. The van der Waals surface area contributed by atoms with E-state index in [9.17, 15) is 22.8 Å². The largest absolute Gasteiger partial charge is 0.480 e. The maximum absolute atomic E-state index is 13.2. The molecule has 1 fully saturated rings. The van der Waals surface area contributed by atoms with Gasteiger partial charge in [0.25, 0.3) is 0 Å². The Balaban J connectivity index is 2.03. The van der Waals surface area contributed by atoms with Gasteiger partial charge in [0.2, 0.25) is 5.91 Å². The summed E-state index contributed by atoms with van der Waals surface area (Å²) >= 11 is 0. The highest BCUT2D eigenvalue weighted by Crippen LogP contribution is 2.37. The minimum Gasteiger partial charge on any atom is -0.480 e. The smallest absolute Gasteiger partial charge is 0.396 e. The van der Waals surface area contributed by atoms with Crippen LogP contribution in [0.1, 0.15) is 37.2 Å². The minimum atomic E-state index is -4.58. The fraction of sp³-hybridized carbons (Fsp3) is 0.500. The molecule has 1 aromatic rings. The van der Waals surface area contributed by atoms with Gasteiger partial charge < -0.3 is 10.4 Å². The van der Waals surface area contributed by atoms with Gasteiger partial charge in [0.05, 0.1) is 5.92 Å². The summed E-state index contributed by atoms with van der Waals surface area (Å²) in [6.07, 6.45) is -3.33. The molecule has 0 heterocycles. The van der Waals surface area contributed by atoms with Gasteiger partial charge in [-0.3, -0.25) is 4.79 Å². The van der Waals surface area contributed by atoms with Crippen molar-refractivity contribution in [3.8, 4) is 0 Å². The predicted molar refractivity (Wildman–Crippen MR) is 76.8 cm³/mol. The van der Waals surface area contributed by atoms with Crippen LogP contribution in [0.3, 0.4) is 0 Å². The lowest BCUT2D eigenvalue weighted by Crippen LogP contribution is -2.42. The number of hydrogen-bond donors (Lipinski definition) is 2. The molecule has 0 aliphatic heterocycles. The summed E-state index contributed by atoms with van der Waals surface area (Å²) < 4.78 is 39.6. The summed E-state index contributed by atoms with van der Waals surface area (Å²) in [6, 6.07) is 6.03. The molecule has 2 rings (SSSR count). The monoisotopic (exact) mass is 329 g/mol. The van der Waals surface area contributed by atoms with E-state index in [2.05, 4.69) is 5.32 Å². The zero-order valence-electron chi connectivity index (χ0n) is 12.3. The van der Waals surface area contributed by atoms with Crippen molar-refractivity contribution >= 4 is 11.9 Å². The van der Waals surface area contributed by atoms with Gasteiger partial charge >= 0.3 is 12.1 Å². The number of carbonyl (C=O) groups excluding carboxylic acids is 1. The van der Waals surface area contributed by atoms with E-state index in [0.29, 0.717) is 0 Å². The van der Waals surface area contributed by atoms with Crippen molar-refractivity contribution in [2.45, 2.75) is 43.8 Å². The van der Waals surface area contributed by atoms with Crippen LogP contribution in [-0.2, 0) is 9.59 Å². The first kappa shape index (κ1) is 17.3.